The van der Waals surface area contributed by atoms with Gasteiger partial charge in [-0.25, -0.2) is 0 Å². The number of hydrogen-bond donors (Lipinski definition) is 1. The van der Waals surface area contributed by atoms with Crippen molar-refractivity contribution < 1.29 is 0 Å². The van der Waals surface area contributed by atoms with Crippen LogP contribution in [0, 0.1) is 11.3 Å². The van der Waals surface area contributed by atoms with Crippen molar-refractivity contribution in [2.45, 2.75) is 39.0 Å². The van der Waals surface area contributed by atoms with E-state index in [0.717, 1.165) is 11.6 Å². The molecule has 1 aromatic rings. The molecule has 1 saturated carbocycles. The fraction of sp³-hybridized carbons (Fsp3) is 0.600. The molecule has 0 aromatic heterocycles. The van der Waals surface area contributed by atoms with Gasteiger partial charge in [-0.2, -0.15) is 0 Å². The van der Waals surface area contributed by atoms with Crippen LogP contribution in [-0.4, -0.2) is 6.54 Å². The van der Waals surface area contributed by atoms with E-state index in [1.165, 1.54) is 24.8 Å². The zero-order valence-electron chi connectivity index (χ0n) is 10.7. The molecule has 1 nitrogen and oxygen atoms in total. The quantitative estimate of drug-likeness (QED) is 0.837. The summed E-state index contributed by atoms with van der Waals surface area (Å²) in [5.74, 6) is 1.18. The summed E-state index contributed by atoms with van der Waals surface area (Å²) in [4.78, 5) is 0. The van der Waals surface area contributed by atoms with Gasteiger partial charge in [0.25, 0.3) is 0 Å². The molecule has 0 spiro atoms. The Morgan fingerprint density at radius 1 is 1.41 bits per heavy atom. The predicted octanol–water partition coefficient (Wildman–Crippen LogP) is 4.21. The molecule has 0 amide bonds. The molecule has 1 aliphatic carbocycles. The Morgan fingerprint density at radius 2 is 2.18 bits per heavy atom. The van der Waals surface area contributed by atoms with Gasteiger partial charge in [0.1, 0.15) is 0 Å². The van der Waals surface area contributed by atoms with E-state index in [-0.39, 0.29) is 0 Å². The summed E-state index contributed by atoms with van der Waals surface area (Å²) in [6.45, 7) is 5.50. The van der Waals surface area contributed by atoms with Crippen molar-refractivity contribution in [2.24, 2.45) is 17.1 Å². The van der Waals surface area contributed by atoms with Gasteiger partial charge in [0.2, 0.25) is 0 Å². The highest BCUT2D eigenvalue weighted by Crippen LogP contribution is 2.46. The maximum absolute atomic E-state index is 6.09. The van der Waals surface area contributed by atoms with Crippen molar-refractivity contribution in [1.82, 2.24) is 0 Å². The summed E-state index contributed by atoms with van der Waals surface area (Å²) in [7, 11) is 0. The van der Waals surface area contributed by atoms with E-state index in [1.807, 2.05) is 12.1 Å². The smallest absolute Gasteiger partial charge is 0.0408 e. The summed E-state index contributed by atoms with van der Waals surface area (Å²) >= 11 is 6.09. The van der Waals surface area contributed by atoms with Gasteiger partial charge < -0.3 is 5.73 Å². The van der Waals surface area contributed by atoms with Crippen LogP contribution < -0.4 is 5.73 Å². The maximum atomic E-state index is 6.09. The topological polar surface area (TPSA) is 26.0 Å². The summed E-state index contributed by atoms with van der Waals surface area (Å²) in [6.07, 6.45) is 3.74. The van der Waals surface area contributed by atoms with Gasteiger partial charge in [-0.15, -0.1) is 0 Å². The van der Waals surface area contributed by atoms with Crippen molar-refractivity contribution in [1.29, 1.82) is 0 Å². The first-order valence-corrected chi connectivity index (χ1v) is 6.85. The van der Waals surface area contributed by atoms with E-state index in [9.17, 15) is 0 Å². The van der Waals surface area contributed by atoms with Gasteiger partial charge >= 0.3 is 0 Å². The second kappa shape index (κ2) is 4.99. The first-order chi connectivity index (χ1) is 8.02. The average Bonchev–Trinajstić information content (AvgIpc) is 2.28. The fourth-order valence-corrected chi connectivity index (χ4v) is 3.25. The van der Waals surface area contributed by atoms with Crippen LogP contribution in [0.2, 0.25) is 5.02 Å². The van der Waals surface area contributed by atoms with Gasteiger partial charge in [-0.1, -0.05) is 37.6 Å². The van der Waals surface area contributed by atoms with Crippen molar-refractivity contribution in [3.8, 4) is 0 Å². The molecule has 94 valence electrons. The lowest BCUT2D eigenvalue weighted by molar-refractivity contribution is 0.165. The lowest BCUT2D eigenvalue weighted by atomic mass is 9.65. The van der Waals surface area contributed by atoms with Crippen LogP contribution in [0.5, 0.6) is 0 Å². The molecule has 0 saturated heterocycles. The largest absolute Gasteiger partial charge is 0.330 e. The SMILES string of the molecule is CC1(C)CCC(CN)C(c2cccc(Cl)c2)C1. The molecule has 2 N–H and O–H groups in total. The number of benzene rings is 1. The van der Waals surface area contributed by atoms with Crippen LogP contribution in [0.3, 0.4) is 0 Å². The molecule has 2 rings (SSSR count). The van der Waals surface area contributed by atoms with Crippen molar-refractivity contribution in [3.63, 3.8) is 0 Å². The summed E-state index contributed by atoms with van der Waals surface area (Å²) < 4.78 is 0. The van der Waals surface area contributed by atoms with E-state index < -0.39 is 0 Å². The molecular weight excluding hydrogens is 230 g/mol. The van der Waals surface area contributed by atoms with Gasteiger partial charge in [-0.05, 0) is 60.8 Å². The third kappa shape index (κ3) is 3.02. The standard InChI is InChI=1S/C15H22ClN/c1-15(2)7-6-12(10-17)14(9-15)11-4-3-5-13(16)8-11/h3-5,8,12,14H,6-7,9-10,17H2,1-2H3. The molecule has 2 heteroatoms. The van der Waals surface area contributed by atoms with Crippen molar-refractivity contribution in [3.05, 3.63) is 34.9 Å². The Balaban J connectivity index is 2.26. The number of hydrogen-bond acceptors (Lipinski definition) is 1. The lowest BCUT2D eigenvalue weighted by Gasteiger charge is -2.40. The molecule has 2 atom stereocenters. The van der Waals surface area contributed by atoms with Gasteiger partial charge in [0.15, 0.2) is 0 Å². The Morgan fingerprint density at radius 3 is 2.82 bits per heavy atom. The van der Waals surface area contributed by atoms with E-state index >= 15 is 0 Å². The molecule has 0 radical (unpaired) electrons. The Bertz CT molecular complexity index is 386. The molecule has 17 heavy (non-hydrogen) atoms. The fourth-order valence-electron chi connectivity index (χ4n) is 3.05. The number of halogens is 1. The maximum Gasteiger partial charge on any atom is 0.0408 e. The molecule has 1 aromatic carbocycles. The van der Waals surface area contributed by atoms with Crippen LogP contribution in [-0.2, 0) is 0 Å². The molecule has 2 unspecified atom stereocenters. The predicted molar refractivity (Wildman–Crippen MR) is 74.4 cm³/mol. The average molecular weight is 252 g/mol. The molecule has 0 bridgehead atoms. The minimum absolute atomic E-state index is 0.429. The first kappa shape index (κ1) is 12.9. The van der Waals surface area contributed by atoms with E-state index in [1.54, 1.807) is 0 Å². The zero-order chi connectivity index (χ0) is 12.5. The van der Waals surface area contributed by atoms with Crippen molar-refractivity contribution in [2.75, 3.05) is 6.54 Å². The number of nitrogens with two attached hydrogens (primary N) is 1. The Kier molecular flexibility index (Phi) is 3.79. The Labute approximate surface area is 109 Å². The highest BCUT2D eigenvalue weighted by atomic mass is 35.5. The van der Waals surface area contributed by atoms with Gasteiger partial charge in [0, 0.05) is 5.02 Å². The normalized spacial score (nSPS) is 28.0. The van der Waals surface area contributed by atoms with Crippen molar-refractivity contribution >= 4 is 11.6 Å². The lowest BCUT2D eigenvalue weighted by Crippen LogP contribution is -2.32. The summed E-state index contributed by atoms with van der Waals surface area (Å²) in [6, 6.07) is 8.29. The molecule has 0 aliphatic heterocycles. The summed E-state index contributed by atoms with van der Waals surface area (Å²) in [5, 5.41) is 0.835. The third-order valence-electron chi connectivity index (χ3n) is 4.11. The Hall–Kier alpha value is -0.530. The molecule has 0 heterocycles. The highest BCUT2D eigenvalue weighted by Gasteiger charge is 2.34. The summed E-state index contributed by atoms with van der Waals surface area (Å²) in [5.41, 5.74) is 7.72. The highest BCUT2D eigenvalue weighted by molar-refractivity contribution is 6.30. The number of rotatable bonds is 2. The van der Waals surface area contributed by atoms with Crippen LogP contribution in [0.25, 0.3) is 0 Å². The van der Waals surface area contributed by atoms with E-state index in [0.29, 0.717) is 17.3 Å². The second-order valence-electron chi connectivity index (χ2n) is 6.06. The van der Waals surface area contributed by atoms with Gasteiger partial charge in [-0.3, -0.25) is 0 Å². The monoisotopic (exact) mass is 251 g/mol. The minimum atomic E-state index is 0.429. The zero-order valence-corrected chi connectivity index (χ0v) is 11.5. The molecule has 1 aliphatic rings. The van der Waals surface area contributed by atoms with E-state index in [4.69, 9.17) is 17.3 Å². The first-order valence-electron chi connectivity index (χ1n) is 6.47. The molecule has 1 fully saturated rings. The van der Waals surface area contributed by atoms with Crippen LogP contribution >= 0.6 is 11.6 Å². The van der Waals surface area contributed by atoms with Crippen LogP contribution in [0.1, 0.15) is 44.6 Å². The second-order valence-corrected chi connectivity index (χ2v) is 6.50. The van der Waals surface area contributed by atoms with E-state index in [2.05, 4.69) is 26.0 Å². The van der Waals surface area contributed by atoms with Crippen LogP contribution in [0.15, 0.2) is 24.3 Å². The minimum Gasteiger partial charge on any atom is -0.330 e. The van der Waals surface area contributed by atoms with Gasteiger partial charge in [0.05, 0.1) is 0 Å². The molecular formula is C15H22ClN. The van der Waals surface area contributed by atoms with Crippen LogP contribution in [0.4, 0.5) is 0 Å². The third-order valence-corrected chi connectivity index (χ3v) is 4.35.